The first-order valence-electron chi connectivity index (χ1n) is 43.3. The first kappa shape index (κ1) is 75.4. The fourth-order valence-corrected chi connectivity index (χ4v) is 22.7. The van der Waals surface area contributed by atoms with E-state index in [0.717, 1.165) is 34.1 Å². The number of hydrogen-bond donors (Lipinski definition) is 0. The second kappa shape index (κ2) is 32.0. The van der Waals surface area contributed by atoms with Crippen molar-refractivity contribution in [2.75, 3.05) is 9.80 Å². The molecule has 592 valence electrons. The first-order chi connectivity index (χ1) is 62.5. The van der Waals surface area contributed by atoms with Crippen LogP contribution in [0.15, 0.2) is 497 Å². The minimum Gasteiger partial charge on any atom is -0.310 e. The van der Waals surface area contributed by atoms with Crippen molar-refractivity contribution in [1.82, 2.24) is 0 Å². The van der Waals surface area contributed by atoms with E-state index in [-0.39, 0.29) is 0 Å². The standard InChI is InChI=1S/2C61H41NS/c1-4-16-42(17-5-1)43-32-36-50(37-33-43)62(49-20-8-3-9-21-49)58-27-15-12-22-51(58)45-30-28-44(29-31-45)46-34-38-54-55-39-35-48(41-60(55)63-59(54)40-46)61(47-18-6-2-7-19-47)56-25-13-10-23-52(56)53-24-11-14-26-57(53)61;1-4-18-42(19-5-1)43-32-36-48(37-33-43)62(47-22-8-3-9-23-47)58-31-17-14-28-53(58)50-25-11-10-24-49(50)44-34-38-54-55-39-35-46(41-60(55)63-59(54)40-44)61(45-20-6-2-7-21-45)56-29-15-12-26-51(56)52-27-13-16-30-57(52)61/h2*1-41H. The normalized spacial score (nSPS) is 12.6. The molecule has 0 saturated carbocycles. The van der Waals surface area contributed by atoms with Gasteiger partial charge in [0.15, 0.2) is 0 Å². The zero-order valence-corrected chi connectivity index (χ0v) is 70.7. The van der Waals surface area contributed by atoms with E-state index in [9.17, 15) is 0 Å². The molecule has 0 atom stereocenters. The Morgan fingerprint density at radius 3 is 0.833 bits per heavy atom. The van der Waals surface area contributed by atoms with Crippen LogP contribution in [-0.2, 0) is 10.8 Å². The molecule has 2 heterocycles. The zero-order chi connectivity index (χ0) is 83.5. The number of rotatable bonds is 16. The summed E-state index contributed by atoms with van der Waals surface area (Å²) in [5.41, 5.74) is 36.1. The van der Waals surface area contributed by atoms with Crippen LogP contribution in [0, 0.1) is 0 Å². The second-order valence-corrected chi connectivity index (χ2v) is 35.0. The number of fused-ring (bicyclic) bond motifs is 12. The van der Waals surface area contributed by atoms with Gasteiger partial charge in [-0.05, 0) is 207 Å². The molecule has 2 aliphatic carbocycles. The molecule has 0 N–H and O–H groups in total. The first-order valence-corrected chi connectivity index (χ1v) is 45.0. The summed E-state index contributed by atoms with van der Waals surface area (Å²) in [6, 6.07) is 183. The molecule has 0 bridgehead atoms. The fraction of sp³-hybridized carbons (Fsp3) is 0.0164. The van der Waals surface area contributed by atoms with Crippen LogP contribution < -0.4 is 9.80 Å². The van der Waals surface area contributed by atoms with Crippen LogP contribution in [0.3, 0.4) is 0 Å². The number of nitrogens with zero attached hydrogens (tertiary/aromatic N) is 2. The van der Waals surface area contributed by atoms with Crippen molar-refractivity contribution in [3.05, 3.63) is 542 Å². The summed E-state index contributed by atoms with van der Waals surface area (Å²) >= 11 is 3.79. The molecule has 2 aromatic heterocycles. The molecule has 0 aliphatic heterocycles. The van der Waals surface area contributed by atoms with Gasteiger partial charge < -0.3 is 9.80 Å². The molecule has 126 heavy (non-hydrogen) atoms. The third-order valence-corrected chi connectivity index (χ3v) is 28.2. The summed E-state index contributed by atoms with van der Waals surface area (Å²) in [5, 5.41) is 5.19. The summed E-state index contributed by atoms with van der Waals surface area (Å²) in [5.74, 6) is 0. The highest BCUT2D eigenvalue weighted by Crippen LogP contribution is 2.60. The molecule has 2 aliphatic rings. The van der Waals surface area contributed by atoms with E-state index in [2.05, 4.69) is 507 Å². The predicted molar refractivity (Wildman–Crippen MR) is 535 cm³/mol. The Morgan fingerprint density at radius 2 is 0.413 bits per heavy atom. The SMILES string of the molecule is c1ccc(-c2ccc(N(c3ccccc3)c3ccccc3-c3ccc(-c4ccc5c(c4)sc4cc(C6(c7ccccc7)c7ccccc7-c7ccccc76)ccc45)cc3)cc2)cc1.c1ccc(-c2ccc(N(c3ccccc3)c3ccccc3-c3ccccc3-c3ccc4c(c3)sc3cc(C5(c6ccccc6)c6ccccc6-c6ccccc65)ccc34)cc2)cc1. The van der Waals surface area contributed by atoms with Crippen LogP contribution >= 0.6 is 22.7 Å². The lowest BCUT2D eigenvalue weighted by atomic mass is 9.67. The number of thiophene rings is 2. The molecule has 4 heteroatoms. The summed E-state index contributed by atoms with van der Waals surface area (Å²) in [6.07, 6.45) is 0. The summed E-state index contributed by atoms with van der Waals surface area (Å²) in [6.45, 7) is 0. The van der Waals surface area contributed by atoms with Gasteiger partial charge in [0.2, 0.25) is 0 Å². The van der Waals surface area contributed by atoms with Gasteiger partial charge in [-0.15, -0.1) is 22.7 Å². The van der Waals surface area contributed by atoms with E-state index in [1.165, 1.54) is 174 Å². The Hall–Kier alpha value is -15.6. The van der Waals surface area contributed by atoms with Crippen molar-refractivity contribution >= 4 is 97.1 Å². The van der Waals surface area contributed by atoms with E-state index in [1.807, 2.05) is 22.7 Å². The molecule has 0 amide bonds. The molecule has 2 nitrogen and oxygen atoms in total. The Balaban J connectivity index is 0.000000145. The third-order valence-electron chi connectivity index (χ3n) is 26.0. The van der Waals surface area contributed by atoms with E-state index in [0.29, 0.717) is 0 Å². The molecule has 24 rings (SSSR count). The van der Waals surface area contributed by atoms with Crippen LogP contribution in [-0.4, -0.2) is 0 Å². The quantitative estimate of drug-likeness (QED) is 0.0951. The smallest absolute Gasteiger partial charge is 0.0714 e. The van der Waals surface area contributed by atoms with Gasteiger partial charge >= 0.3 is 0 Å². The van der Waals surface area contributed by atoms with Crippen LogP contribution in [0.4, 0.5) is 34.1 Å². The molecule has 0 radical (unpaired) electrons. The highest BCUT2D eigenvalue weighted by molar-refractivity contribution is 7.26. The van der Waals surface area contributed by atoms with Gasteiger partial charge in [-0.2, -0.15) is 0 Å². The van der Waals surface area contributed by atoms with Gasteiger partial charge in [-0.3, -0.25) is 0 Å². The largest absolute Gasteiger partial charge is 0.310 e. The summed E-state index contributed by atoms with van der Waals surface area (Å²) < 4.78 is 5.19. The van der Waals surface area contributed by atoms with Gasteiger partial charge in [0.25, 0.3) is 0 Å². The van der Waals surface area contributed by atoms with Crippen molar-refractivity contribution in [3.63, 3.8) is 0 Å². The average molecular weight is 1640 g/mol. The second-order valence-electron chi connectivity index (χ2n) is 32.8. The van der Waals surface area contributed by atoms with Gasteiger partial charge in [0.1, 0.15) is 0 Å². The van der Waals surface area contributed by atoms with E-state index in [1.54, 1.807) is 0 Å². The van der Waals surface area contributed by atoms with Gasteiger partial charge in [-0.1, -0.05) is 413 Å². The highest BCUT2D eigenvalue weighted by atomic mass is 32.1. The van der Waals surface area contributed by atoms with Crippen molar-refractivity contribution in [3.8, 4) is 89.0 Å². The van der Waals surface area contributed by atoms with Crippen LogP contribution in [0.2, 0.25) is 0 Å². The van der Waals surface area contributed by atoms with Crippen LogP contribution in [0.25, 0.3) is 129 Å². The lowest BCUT2D eigenvalue weighted by Gasteiger charge is -2.33. The van der Waals surface area contributed by atoms with Crippen molar-refractivity contribution in [2.24, 2.45) is 0 Å². The minimum absolute atomic E-state index is 0.407. The maximum atomic E-state index is 2.47. The molecule has 0 unspecified atom stereocenters. The number of hydrogen-bond acceptors (Lipinski definition) is 4. The molecule has 22 aromatic rings. The highest BCUT2D eigenvalue weighted by Gasteiger charge is 2.48. The zero-order valence-electron chi connectivity index (χ0n) is 69.1. The average Bonchev–Trinajstić information content (AvgIpc) is 1.54. The molecule has 0 saturated heterocycles. The van der Waals surface area contributed by atoms with E-state index < -0.39 is 10.8 Å². The van der Waals surface area contributed by atoms with Gasteiger partial charge in [0, 0.05) is 74.2 Å². The van der Waals surface area contributed by atoms with Crippen LogP contribution in [0.5, 0.6) is 0 Å². The van der Waals surface area contributed by atoms with Crippen molar-refractivity contribution in [2.45, 2.75) is 10.8 Å². The lowest BCUT2D eigenvalue weighted by molar-refractivity contribution is 0.770. The Labute approximate surface area is 743 Å². The molecule has 0 fully saturated rings. The monoisotopic (exact) mass is 1640 g/mol. The lowest BCUT2D eigenvalue weighted by Crippen LogP contribution is -2.28. The van der Waals surface area contributed by atoms with Crippen LogP contribution in [0.1, 0.15) is 44.5 Å². The molecule has 20 aromatic carbocycles. The molecule has 0 spiro atoms. The molecular formula is C122H82N2S2. The minimum atomic E-state index is -0.423. The summed E-state index contributed by atoms with van der Waals surface area (Å²) in [7, 11) is 0. The number of para-hydroxylation sites is 4. The maximum Gasteiger partial charge on any atom is 0.0714 e. The third kappa shape index (κ3) is 12.9. The Kier molecular flexibility index (Phi) is 19.2. The van der Waals surface area contributed by atoms with Crippen molar-refractivity contribution < 1.29 is 0 Å². The van der Waals surface area contributed by atoms with Gasteiger partial charge in [0.05, 0.1) is 22.2 Å². The van der Waals surface area contributed by atoms with Gasteiger partial charge in [-0.25, -0.2) is 0 Å². The Morgan fingerprint density at radius 1 is 0.151 bits per heavy atom. The predicted octanol–water partition coefficient (Wildman–Crippen LogP) is 33.8. The van der Waals surface area contributed by atoms with Crippen molar-refractivity contribution in [1.29, 1.82) is 0 Å². The van der Waals surface area contributed by atoms with E-state index in [4.69, 9.17) is 0 Å². The summed E-state index contributed by atoms with van der Waals surface area (Å²) in [4.78, 5) is 4.75. The Bertz CT molecular complexity index is 7700. The number of anilines is 6. The fourth-order valence-electron chi connectivity index (χ4n) is 20.3. The topological polar surface area (TPSA) is 6.48 Å². The molecular weight excluding hydrogens is 1560 g/mol. The van der Waals surface area contributed by atoms with E-state index >= 15 is 0 Å². The maximum absolute atomic E-state index is 2.47. The number of benzene rings is 20.